The Kier molecular flexibility index (Phi) is 3.38. The van der Waals surface area contributed by atoms with E-state index in [1.54, 1.807) is 24.3 Å². The van der Waals surface area contributed by atoms with Gasteiger partial charge in [-0.3, -0.25) is 4.79 Å². The van der Waals surface area contributed by atoms with Gasteiger partial charge in [-0.25, -0.2) is 0 Å². The van der Waals surface area contributed by atoms with Crippen molar-refractivity contribution in [1.29, 1.82) is 0 Å². The highest BCUT2D eigenvalue weighted by molar-refractivity contribution is 7.10. The molecule has 0 saturated heterocycles. The Bertz CT molecular complexity index is 512. The Labute approximate surface area is 105 Å². The van der Waals surface area contributed by atoms with E-state index in [2.05, 4.69) is 14.7 Å². The quantitative estimate of drug-likeness (QED) is 0.915. The zero-order valence-electron chi connectivity index (χ0n) is 7.78. The Morgan fingerprint density at radius 3 is 2.50 bits per heavy atom. The standard InChI is InChI=1S/C9H5Cl2N3OS/c10-5-1-3-6(4-2-5)12-8(15)7-13-9(11)16-14-7/h1-4H,(H,12,15). The van der Waals surface area contributed by atoms with Gasteiger partial charge in [0.15, 0.2) is 0 Å². The van der Waals surface area contributed by atoms with E-state index in [-0.39, 0.29) is 10.3 Å². The average molecular weight is 274 g/mol. The molecule has 0 aliphatic carbocycles. The molecule has 1 N–H and O–H groups in total. The number of nitrogens with one attached hydrogen (secondary N) is 1. The summed E-state index contributed by atoms with van der Waals surface area (Å²) in [5, 5.41) is 3.23. The molecule has 0 aliphatic heterocycles. The maximum atomic E-state index is 11.6. The molecule has 1 aromatic heterocycles. The highest BCUT2D eigenvalue weighted by Crippen LogP contribution is 2.15. The van der Waals surface area contributed by atoms with Gasteiger partial charge in [0.2, 0.25) is 10.3 Å². The average Bonchev–Trinajstić information content (AvgIpc) is 2.68. The molecule has 16 heavy (non-hydrogen) atoms. The van der Waals surface area contributed by atoms with Crippen LogP contribution in [0.3, 0.4) is 0 Å². The predicted octanol–water partition coefficient (Wildman–Crippen LogP) is 3.10. The maximum Gasteiger partial charge on any atom is 0.294 e. The molecule has 0 saturated carbocycles. The summed E-state index contributed by atoms with van der Waals surface area (Å²) in [7, 11) is 0. The van der Waals surface area contributed by atoms with Crippen LogP contribution >= 0.6 is 34.7 Å². The van der Waals surface area contributed by atoms with Gasteiger partial charge in [-0.2, -0.15) is 9.36 Å². The van der Waals surface area contributed by atoms with Crippen LogP contribution in [0.25, 0.3) is 0 Å². The Balaban J connectivity index is 2.10. The summed E-state index contributed by atoms with van der Waals surface area (Å²) < 4.78 is 4.03. The van der Waals surface area contributed by atoms with Gasteiger partial charge in [0.25, 0.3) is 5.91 Å². The lowest BCUT2D eigenvalue weighted by Gasteiger charge is -2.01. The first-order chi connectivity index (χ1) is 7.65. The van der Waals surface area contributed by atoms with Gasteiger partial charge in [0.1, 0.15) is 0 Å². The molecular weight excluding hydrogens is 269 g/mol. The van der Waals surface area contributed by atoms with Gasteiger partial charge < -0.3 is 5.32 Å². The van der Waals surface area contributed by atoms with E-state index in [1.165, 1.54) is 0 Å². The first-order valence-electron chi connectivity index (χ1n) is 4.21. The van der Waals surface area contributed by atoms with E-state index in [4.69, 9.17) is 23.2 Å². The van der Waals surface area contributed by atoms with Crippen molar-refractivity contribution >= 4 is 46.3 Å². The van der Waals surface area contributed by atoms with E-state index >= 15 is 0 Å². The third-order valence-corrected chi connectivity index (χ3v) is 2.76. The zero-order chi connectivity index (χ0) is 11.5. The van der Waals surface area contributed by atoms with Crippen LogP contribution in [0.5, 0.6) is 0 Å². The molecule has 0 unspecified atom stereocenters. The number of rotatable bonds is 2. The van der Waals surface area contributed by atoms with Crippen LogP contribution in [-0.4, -0.2) is 15.3 Å². The van der Waals surface area contributed by atoms with E-state index in [0.29, 0.717) is 10.7 Å². The summed E-state index contributed by atoms with van der Waals surface area (Å²) in [5.41, 5.74) is 0.625. The minimum absolute atomic E-state index is 0.0601. The topological polar surface area (TPSA) is 54.9 Å². The lowest BCUT2D eigenvalue weighted by atomic mass is 10.3. The fourth-order valence-corrected chi connectivity index (χ4v) is 1.74. The molecule has 2 aromatic rings. The summed E-state index contributed by atoms with van der Waals surface area (Å²) >= 11 is 12.3. The SMILES string of the molecule is O=C(Nc1ccc(Cl)cc1)c1nsc(Cl)n1. The van der Waals surface area contributed by atoms with Crippen molar-refractivity contribution < 1.29 is 4.79 Å². The zero-order valence-corrected chi connectivity index (χ0v) is 10.1. The first-order valence-corrected chi connectivity index (χ1v) is 5.74. The number of nitrogens with zero attached hydrogens (tertiary/aromatic N) is 2. The number of carbonyl (C=O) groups excluding carboxylic acids is 1. The highest BCUT2D eigenvalue weighted by Gasteiger charge is 2.11. The number of aromatic nitrogens is 2. The van der Waals surface area contributed by atoms with Crippen LogP contribution in [0, 0.1) is 0 Å². The van der Waals surface area contributed by atoms with Gasteiger partial charge in [-0.15, -0.1) is 0 Å². The third-order valence-electron chi connectivity index (χ3n) is 1.71. The smallest absolute Gasteiger partial charge is 0.294 e. The molecule has 0 spiro atoms. The summed E-state index contributed by atoms with van der Waals surface area (Å²) in [4.78, 5) is 15.4. The normalized spacial score (nSPS) is 10.1. The summed E-state index contributed by atoms with van der Waals surface area (Å²) in [6.45, 7) is 0. The maximum absolute atomic E-state index is 11.6. The fourth-order valence-electron chi connectivity index (χ4n) is 1.02. The molecular formula is C9H5Cl2N3OS. The number of benzene rings is 1. The van der Waals surface area contributed by atoms with Crippen LogP contribution in [-0.2, 0) is 0 Å². The first kappa shape index (κ1) is 11.3. The lowest BCUT2D eigenvalue weighted by Crippen LogP contribution is -2.13. The minimum atomic E-state index is -0.398. The van der Waals surface area contributed by atoms with Crippen molar-refractivity contribution in [3.63, 3.8) is 0 Å². The Hall–Kier alpha value is -1.17. The molecule has 1 amide bonds. The van der Waals surface area contributed by atoms with Crippen LogP contribution < -0.4 is 5.32 Å². The second-order valence-corrected chi connectivity index (χ2v) is 4.60. The molecule has 1 aromatic carbocycles. The van der Waals surface area contributed by atoms with Gasteiger partial charge >= 0.3 is 0 Å². The third kappa shape index (κ3) is 2.69. The van der Waals surface area contributed by atoms with Crippen LogP contribution in [0.2, 0.25) is 9.49 Å². The van der Waals surface area contributed by atoms with Crippen molar-refractivity contribution in [3.05, 3.63) is 39.6 Å². The summed E-state index contributed by atoms with van der Waals surface area (Å²) in [5.74, 6) is -0.338. The van der Waals surface area contributed by atoms with Crippen molar-refractivity contribution in [1.82, 2.24) is 9.36 Å². The van der Waals surface area contributed by atoms with Crippen molar-refractivity contribution in [2.24, 2.45) is 0 Å². The van der Waals surface area contributed by atoms with Gasteiger partial charge in [0, 0.05) is 10.7 Å². The van der Waals surface area contributed by atoms with Gasteiger partial charge in [-0.1, -0.05) is 11.6 Å². The number of hydrogen-bond acceptors (Lipinski definition) is 4. The van der Waals surface area contributed by atoms with E-state index < -0.39 is 5.91 Å². The molecule has 1 heterocycles. The molecule has 0 radical (unpaired) electrons. The predicted molar refractivity (Wildman–Crippen MR) is 64.3 cm³/mol. The van der Waals surface area contributed by atoms with Crippen LogP contribution in [0.15, 0.2) is 24.3 Å². The number of carbonyl (C=O) groups is 1. The minimum Gasteiger partial charge on any atom is -0.319 e. The monoisotopic (exact) mass is 273 g/mol. The number of halogens is 2. The molecule has 0 atom stereocenters. The molecule has 7 heteroatoms. The van der Waals surface area contributed by atoms with Crippen LogP contribution in [0.4, 0.5) is 5.69 Å². The number of anilines is 1. The van der Waals surface area contributed by atoms with E-state index in [0.717, 1.165) is 11.5 Å². The van der Waals surface area contributed by atoms with Crippen molar-refractivity contribution in [2.75, 3.05) is 5.32 Å². The molecule has 82 valence electrons. The number of hydrogen-bond donors (Lipinski definition) is 1. The molecule has 2 rings (SSSR count). The molecule has 0 bridgehead atoms. The van der Waals surface area contributed by atoms with E-state index in [1.807, 2.05) is 0 Å². The van der Waals surface area contributed by atoms with E-state index in [9.17, 15) is 4.79 Å². The molecule has 0 fully saturated rings. The van der Waals surface area contributed by atoms with Gasteiger partial charge in [-0.05, 0) is 47.4 Å². The Morgan fingerprint density at radius 1 is 1.25 bits per heavy atom. The largest absolute Gasteiger partial charge is 0.319 e. The van der Waals surface area contributed by atoms with Crippen molar-refractivity contribution in [2.45, 2.75) is 0 Å². The van der Waals surface area contributed by atoms with Crippen molar-refractivity contribution in [3.8, 4) is 0 Å². The highest BCUT2D eigenvalue weighted by atomic mass is 35.5. The second-order valence-electron chi connectivity index (χ2n) is 2.83. The molecule has 4 nitrogen and oxygen atoms in total. The Morgan fingerprint density at radius 2 is 1.94 bits per heavy atom. The fraction of sp³-hybridized carbons (Fsp3) is 0. The van der Waals surface area contributed by atoms with Gasteiger partial charge in [0.05, 0.1) is 0 Å². The van der Waals surface area contributed by atoms with Crippen LogP contribution in [0.1, 0.15) is 10.6 Å². The summed E-state index contributed by atoms with van der Waals surface area (Å²) in [6, 6.07) is 6.74. The lowest BCUT2D eigenvalue weighted by molar-refractivity contribution is 0.101. The summed E-state index contributed by atoms with van der Waals surface area (Å²) in [6.07, 6.45) is 0. The number of amides is 1. The molecule has 0 aliphatic rings. The second kappa shape index (κ2) is 4.78.